The molecule has 1 atom stereocenters. The van der Waals surface area contributed by atoms with Gasteiger partial charge in [-0.25, -0.2) is 0 Å². The van der Waals surface area contributed by atoms with Gasteiger partial charge in [-0.15, -0.1) is 0 Å². The average Bonchev–Trinajstić information content (AvgIpc) is 2.65. The summed E-state index contributed by atoms with van der Waals surface area (Å²) in [6, 6.07) is 7.82. The van der Waals surface area contributed by atoms with Gasteiger partial charge in [0.15, 0.2) is 0 Å². The van der Waals surface area contributed by atoms with E-state index in [2.05, 4.69) is 39.8 Å². The number of nitrogens with one attached hydrogen (secondary N) is 2. The standard InChI is InChI=1S/C22H35N3O3/c1-16(2)13-20(26)24-21(17(3)4)22(27)23-14-18-5-7-19(8-6-18)15-25-9-11-28-12-10-25/h5-8,16-17,21H,9-15H2,1-4H3,(H,23,27)(H,24,26). The van der Waals surface area contributed by atoms with Crippen LogP contribution in [0.2, 0.25) is 0 Å². The van der Waals surface area contributed by atoms with Gasteiger partial charge in [0, 0.05) is 32.6 Å². The summed E-state index contributed by atoms with van der Waals surface area (Å²) in [6.07, 6.45) is 0.432. The molecule has 1 aromatic rings. The Labute approximate surface area is 169 Å². The van der Waals surface area contributed by atoms with Crippen molar-refractivity contribution < 1.29 is 14.3 Å². The van der Waals surface area contributed by atoms with Gasteiger partial charge in [0.25, 0.3) is 0 Å². The van der Waals surface area contributed by atoms with Crippen LogP contribution in [0.1, 0.15) is 45.2 Å². The molecule has 1 aliphatic heterocycles. The van der Waals surface area contributed by atoms with E-state index >= 15 is 0 Å². The minimum Gasteiger partial charge on any atom is -0.379 e. The van der Waals surface area contributed by atoms with Gasteiger partial charge in [0.2, 0.25) is 11.8 Å². The van der Waals surface area contributed by atoms with E-state index in [4.69, 9.17) is 4.74 Å². The molecule has 6 nitrogen and oxygen atoms in total. The van der Waals surface area contributed by atoms with E-state index < -0.39 is 6.04 Å². The van der Waals surface area contributed by atoms with E-state index in [9.17, 15) is 9.59 Å². The van der Waals surface area contributed by atoms with Crippen LogP contribution in [0.3, 0.4) is 0 Å². The van der Waals surface area contributed by atoms with Gasteiger partial charge in [-0.2, -0.15) is 0 Å². The van der Waals surface area contributed by atoms with Gasteiger partial charge in [-0.3, -0.25) is 14.5 Å². The van der Waals surface area contributed by atoms with E-state index in [0.29, 0.717) is 13.0 Å². The van der Waals surface area contributed by atoms with E-state index in [1.165, 1.54) is 5.56 Å². The van der Waals surface area contributed by atoms with Gasteiger partial charge in [0.05, 0.1) is 13.2 Å². The molecule has 28 heavy (non-hydrogen) atoms. The minimum atomic E-state index is -0.508. The van der Waals surface area contributed by atoms with Crippen LogP contribution in [0, 0.1) is 11.8 Å². The summed E-state index contributed by atoms with van der Waals surface area (Å²) in [6.45, 7) is 12.8. The molecule has 1 aromatic carbocycles. The summed E-state index contributed by atoms with van der Waals surface area (Å²) in [5.41, 5.74) is 2.31. The lowest BCUT2D eigenvalue weighted by atomic mass is 10.0. The molecule has 156 valence electrons. The van der Waals surface area contributed by atoms with E-state index in [1.807, 2.05) is 27.7 Å². The third kappa shape index (κ3) is 7.60. The number of ether oxygens (including phenoxy) is 1. The Hall–Kier alpha value is -1.92. The van der Waals surface area contributed by atoms with Crippen molar-refractivity contribution in [2.24, 2.45) is 11.8 Å². The highest BCUT2D eigenvalue weighted by atomic mass is 16.5. The zero-order valence-corrected chi connectivity index (χ0v) is 17.7. The third-order valence-electron chi connectivity index (χ3n) is 4.86. The Kier molecular flexibility index (Phi) is 8.93. The van der Waals surface area contributed by atoms with Crippen LogP contribution in [0.15, 0.2) is 24.3 Å². The van der Waals surface area contributed by atoms with Crippen molar-refractivity contribution in [1.29, 1.82) is 0 Å². The van der Waals surface area contributed by atoms with E-state index in [-0.39, 0.29) is 23.7 Å². The van der Waals surface area contributed by atoms with Crippen LogP contribution in [-0.2, 0) is 27.4 Å². The second-order valence-corrected chi connectivity index (χ2v) is 8.31. The smallest absolute Gasteiger partial charge is 0.243 e. The van der Waals surface area contributed by atoms with Crippen molar-refractivity contribution in [3.8, 4) is 0 Å². The molecule has 1 unspecified atom stereocenters. The number of amides is 2. The molecule has 1 aliphatic rings. The van der Waals surface area contributed by atoms with Gasteiger partial charge in [0.1, 0.15) is 6.04 Å². The summed E-state index contributed by atoms with van der Waals surface area (Å²) in [7, 11) is 0. The number of carbonyl (C=O) groups excluding carboxylic acids is 2. The number of hydrogen-bond acceptors (Lipinski definition) is 4. The Morgan fingerprint density at radius 2 is 1.64 bits per heavy atom. The Morgan fingerprint density at radius 3 is 2.21 bits per heavy atom. The quantitative estimate of drug-likeness (QED) is 0.680. The molecule has 2 N–H and O–H groups in total. The molecule has 1 saturated heterocycles. The Balaban J connectivity index is 1.83. The number of rotatable bonds is 9. The van der Waals surface area contributed by atoms with Crippen LogP contribution in [-0.4, -0.2) is 49.1 Å². The van der Waals surface area contributed by atoms with Gasteiger partial charge in [-0.1, -0.05) is 52.0 Å². The van der Waals surface area contributed by atoms with Crippen LogP contribution in [0.25, 0.3) is 0 Å². The maximum Gasteiger partial charge on any atom is 0.243 e. The molecule has 2 amide bonds. The van der Waals surface area contributed by atoms with Crippen LogP contribution >= 0.6 is 0 Å². The van der Waals surface area contributed by atoms with Gasteiger partial charge < -0.3 is 15.4 Å². The molecule has 0 bridgehead atoms. The topological polar surface area (TPSA) is 70.7 Å². The fourth-order valence-corrected chi connectivity index (χ4v) is 3.22. The highest BCUT2D eigenvalue weighted by Crippen LogP contribution is 2.10. The second kappa shape index (κ2) is 11.2. The fourth-order valence-electron chi connectivity index (χ4n) is 3.22. The predicted molar refractivity (Wildman–Crippen MR) is 111 cm³/mol. The monoisotopic (exact) mass is 389 g/mol. The summed E-state index contributed by atoms with van der Waals surface area (Å²) in [5, 5.41) is 5.83. The maximum atomic E-state index is 12.6. The molecular weight excluding hydrogens is 354 g/mol. The third-order valence-corrected chi connectivity index (χ3v) is 4.86. The van der Waals surface area contributed by atoms with E-state index in [0.717, 1.165) is 38.4 Å². The molecule has 1 fully saturated rings. The molecular formula is C22H35N3O3. The SMILES string of the molecule is CC(C)CC(=O)NC(C(=O)NCc1ccc(CN2CCOCC2)cc1)C(C)C. The lowest BCUT2D eigenvalue weighted by Gasteiger charge is -2.26. The molecule has 0 saturated carbocycles. The average molecular weight is 390 g/mol. The van der Waals surface area contributed by atoms with Crippen molar-refractivity contribution in [3.63, 3.8) is 0 Å². The number of benzene rings is 1. The zero-order valence-electron chi connectivity index (χ0n) is 17.7. The van der Waals surface area contributed by atoms with Crippen molar-refractivity contribution in [2.75, 3.05) is 26.3 Å². The highest BCUT2D eigenvalue weighted by Gasteiger charge is 2.24. The molecule has 2 rings (SSSR count). The zero-order chi connectivity index (χ0) is 20.5. The molecule has 0 radical (unpaired) electrons. The Bertz CT molecular complexity index is 622. The molecule has 0 aromatic heterocycles. The first-order valence-corrected chi connectivity index (χ1v) is 10.3. The normalized spacial score (nSPS) is 16.2. The van der Waals surface area contributed by atoms with Crippen molar-refractivity contribution in [2.45, 2.75) is 53.2 Å². The number of carbonyl (C=O) groups is 2. The summed E-state index contributed by atoms with van der Waals surface area (Å²) >= 11 is 0. The minimum absolute atomic E-state index is 0.0343. The van der Waals surface area contributed by atoms with Crippen LogP contribution in [0.4, 0.5) is 0 Å². The molecule has 1 heterocycles. The summed E-state index contributed by atoms with van der Waals surface area (Å²) < 4.78 is 5.38. The van der Waals surface area contributed by atoms with Gasteiger partial charge >= 0.3 is 0 Å². The second-order valence-electron chi connectivity index (χ2n) is 8.31. The largest absolute Gasteiger partial charge is 0.379 e. The number of nitrogens with zero attached hydrogens (tertiary/aromatic N) is 1. The lowest BCUT2D eigenvalue weighted by Crippen LogP contribution is -2.49. The fraction of sp³-hybridized carbons (Fsp3) is 0.636. The summed E-state index contributed by atoms with van der Waals surface area (Å²) in [4.78, 5) is 27.0. The lowest BCUT2D eigenvalue weighted by molar-refractivity contribution is -0.130. The molecule has 0 aliphatic carbocycles. The first kappa shape index (κ1) is 22.4. The first-order chi connectivity index (χ1) is 13.3. The Morgan fingerprint density at radius 1 is 1.04 bits per heavy atom. The van der Waals surface area contributed by atoms with Crippen molar-refractivity contribution in [3.05, 3.63) is 35.4 Å². The maximum absolute atomic E-state index is 12.6. The summed E-state index contributed by atoms with van der Waals surface area (Å²) in [5.74, 6) is 0.0969. The van der Waals surface area contributed by atoms with Crippen LogP contribution in [0.5, 0.6) is 0 Å². The van der Waals surface area contributed by atoms with Crippen molar-refractivity contribution in [1.82, 2.24) is 15.5 Å². The van der Waals surface area contributed by atoms with Crippen LogP contribution < -0.4 is 10.6 Å². The number of hydrogen-bond donors (Lipinski definition) is 2. The van der Waals surface area contributed by atoms with E-state index in [1.54, 1.807) is 0 Å². The number of morpholine rings is 1. The van der Waals surface area contributed by atoms with Crippen molar-refractivity contribution >= 4 is 11.8 Å². The first-order valence-electron chi connectivity index (χ1n) is 10.3. The highest BCUT2D eigenvalue weighted by molar-refractivity contribution is 5.87. The van der Waals surface area contributed by atoms with Gasteiger partial charge in [-0.05, 0) is 23.0 Å². The molecule has 0 spiro atoms. The predicted octanol–water partition coefficient (Wildman–Crippen LogP) is 2.32. The molecule has 6 heteroatoms.